The first-order chi connectivity index (χ1) is 10.3. The molecule has 108 valence electrons. The van der Waals surface area contributed by atoms with Crippen molar-refractivity contribution in [3.8, 4) is 18.1 Å². The van der Waals surface area contributed by atoms with Gasteiger partial charge in [0.2, 0.25) is 0 Å². The minimum absolute atomic E-state index is 0.0734. The molecule has 3 N–H and O–H groups in total. The summed E-state index contributed by atoms with van der Waals surface area (Å²) in [6, 6.07) is 18.1. The number of benzene rings is 2. The summed E-state index contributed by atoms with van der Waals surface area (Å²) in [7, 11) is 0. The van der Waals surface area contributed by atoms with Gasteiger partial charge in [-0.15, -0.1) is 6.42 Å². The second-order valence-corrected chi connectivity index (χ2v) is 4.72. The van der Waals surface area contributed by atoms with Crippen LogP contribution in [0.15, 0.2) is 54.6 Å². The van der Waals surface area contributed by atoms with E-state index in [1.54, 1.807) is 0 Å². The van der Waals surface area contributed by atoms with Crippen molar-refractivity contribution in [2.24, 2.45) is 5.73 Å². The second-order valence-electron chi connectivity index (χ2n) is 4.72. The highest BCUT2D eigenvalue weighted by Crippen LogP contribution is 2.18. The second kappa shape index (κ2) is 8.11. The van der Waals surface area contributed by atoms with E-state index in [4.69, 9.17) is 16.9 Å². The van der Waals surface area contributed by atoms with E-state index in [2.05, 4.69) is 11.2 Å². The Morgan fingerprint density at radius 2 is 1.81 bits per heavy atom. The molecule has 0 spiro atoms. The van der Waals surface area contributed by atoms with Crippen LogP contribution in [0.1, 0.15) is 17.2 Å². The van der Waals surface area contributed by atoms with Crippen molar-refractivity contribution in [2.75, 3.05) is 13.1 Å². The fraction of sp³-hybridized carbons (Fsp3) is 0.222. The third kappa shape index (κ3) is 4.64. The van der Waals surface area contributed by atoms with Crippen molar-refractivity contribution in [3.63, 3.8) is 0 Å². The molecule has 1 unspecified atom stereocenters. The lowest BCUT2D eigenvalue weighted by atomic mass is 10.1. The van der Waals surface area contributed by atoms with Gasteiger partial charge in [0.1, 0.15) is 12.4 Å². The molecule has 1 atom stereocenters. The first-order valence-electron chi connectivity index (χ1n) is 6.97. The zero-order valence-electron chi connectivity index (χ0n) is 12.0. The molecule has 2 rings (SSSR count). The predicted octanol–water partition coefficient (Wildman–Crippen LogP) is 2.49. The summed E-state index contributed by atoms with van der Waals surface area (Å²) in [5.41, 5.74) is 8.02. The lowest BCUT2D eigenvalue weighted by Crippen LogP contribution is -2.28. The van der Waals surface area contributed by atoms with Crippen molar-refractivity contribution < 1.29 is 4.74 Å². The van der Waals surface area contributed by atoms with Gasteiger partial charge in [-0.3, -0.25) is 5.32 Å². The number of terminal acetylenes is 1. The summed E-state index contributed by atoms with van der Waals surface area (Å²) < 4.78 is 5.76. The summed E-state index contributed by atoms with van der Waals surface area (Å²) in [5, 5.41) is 3.21. The average Bonchev–Trinajstić information content (AvgIpc) is 2.56. The van der Waals surface area contributed by atoms with Crippen LogP contribution < -0.4 is 15.8 Å². The molecule has 0 radical (unpaired) electrons. The van der Waals surface area contributed by atoms with Gasteiger partial charge in [0.05, 0.1) is 6.54 Å². The minimum Gasteiger partial charge on any atom is -0.489 e. The normalized spacial score (nSPS) is 11.6. The first-order valence-corrected chi connectivity index (χ1v) is 6.97. The van der Waals surface area contributed by atoms with E-state index in [0.29, 0.717) is 19.7 Å². The monoisotopic (exact) mass is 280 g/mol. The Morgan fingerprint density at radius 1 is 1.10 bits per heavy atom. The lowest BCUT2D eigenvalue weighted by molar-refractivity contribution is 0.306. The highest BCUT2D eigenvalue weighted by atomic mass is 16.5. The molecular weight excluding hydrogens is 260 g/mol. The molecule has 0 fully saturated rings. The van der Waals surface area contributed by atoms with Crippen LogP contribution in [0.5, 0.6) is 5.75 Å². The third-order valence-corrected chi connectivity index (χ3v) is 3.22. The van der Waals surface area contributed by atoms with Crippen molar-refractivity contribution in [2.45, 2.75) is 12.6 Å². The zero-order valence-corrected chi connectivity index (χ0v) is 12.0. The van der Waals surface area contributed by atoms with E-state index >= 15 is 0 Å². The third-order valence-electron chi connectivity index (χ3n) is 3.22. The number of nitrogens with two attached hydrogens (primary N) is 1. The van der Waals surface area contributed by atoms with Crippen LogP contribution in [0.3, 0.4) is 0 Å². The van der Waals surface area contributed by atoms with Gasteiger partial charge in [0, 0.05) is 12.6 Å². The molecule has 0 aliphatic carbocycles. The SMILES string of the molecule is C#CCNC(CN)c1ccc(OCc2ccccc2)cc1. The Balaban J connectivity index is 1.93. The van der Waals surface area contributed by atoms with Gasteiger partial charge >= 0.3 is 0 Å². The Morgan fingerprint density at radius 3 is 2.43 bits per heavy atom. The van der Waals surface area contributed by atoms with Gasteiger partial charge in [0.15, 0.2) is 0 Å². The Labute approximate surface area is 126 Å². The van der Waals surface area contributed by atoms with Crippen molar-refractivity contribution in [1.29, 1.82) is 0 Å². The summed E-state index contributed by atoms with van der Waals surface area (Å²) in [4.78, 5) is 0. The van der Waals surface area contributed by atoms with Crippen LogP contribution in [0.2, 0.25) is 0 Å². The Hall–Kier alpha value is -2.28. The summed E-state index contributed by atoms with van der Waals surface area (Å²) in [6.45, 7) is 1.58. The Kier molecular flexibility index (Phi) is 5.83. The van der Waals surface area contributed by atoms with Crippen LogP contribution in [0.25, 0.3) is 0 Å². The van der Waals surface area contributed by atoms with Crippen LogP contribution in [0, 0.1) is 12.3 Å². The molecule has 0 saturated heterocycles. The van der Waals surface area contributed by atoms with Crippen molar-refractivity contribution in [3.05, 3.63) is 65.7 Å². The average molecular weight is 280 g/mol. The minimum atomic E-state index is 0.0734. The van der Waals surface area contributed by atoms with Gasteiger partial charge < -0.3 is 10.5 Å². The number of ether oxygens (including phenoxy) is 1. The molecule has 0 aliphatic rings. The molecule has 0 heterocycles. The van der Waals surface area contributed by atoms with Gasteiger partial charge in [-0.1, -0.05) is 48.4 Å². The van der Waals surface area contributed by atoms with E-state index in [0.717, 1.165) is 16.9 Å². The van der Waals surface area contributed by atoms with E-state index in [1.807, 2.05) is 54.6 Å². The van der Waals surface area contributed by atoms with E-state index in [1.165, 1.54) is 0 Å². The fourth-order valence-corrected chi connectivity index (χ4v) is 2.06. The molecular formula is C18H20N2O. The molecule has 0 aromatic heterocycles. The van der Waals surface area contributed by atoms with E-state index in [-0.39, 0.29) is 6.04 Å². The molecule has 3 nitrogen and oxygen atoms in total. The number of nitrogens with one attached hydrogen (secondary N) is 1. The number of hydrogen-bond donors (Lipinski definition) is 2. The molecule has 2 aromatic carbocycles. The largest absolute Gasteiger partial charge is 0.489 e. The predicted molar refractivity (Wildman–Crippen MR) is 85.8 cm³/mol. The smallest absolute Gasteiger partial charge is 0.119 e. The molecule has 0 amide bonds. The standard InChI is InChI=1S/C18H20N2O/c1-2-12-20-18(13-19)16-8-10-17(11-9-16)21-14-15-6-4-3-5-7-15/h1,3-11,18,20H,12-14,19H2. The van der Waals surface area contributed by atoms with Crippen LogP contribution in [-0.2, 0) is 6.61 Å². The van der Waals surface area contributed by atoms with Crippen LogP contribution in [-0.4, -0.2) is 13.1 Å². The van der Waals surface area contributed by atoms with Gasteiger partial charge in [-0.25, -0.2) is 0 Å². The van der Waals surface area contributed by atoms with E-state index < -0.39 is 0 Å². The maximum Gasteiger partial charge on any atom is 0.119 e. The summed E-state index contributed by atoms with van der Waals surface area (Å²) in [5.74, 6) is 3.40. The quantitative estimate of drug-likeness (QED) is 0.766. The van der Waals surface area contributed by atoms with Crippen LogP contribution in [0.4, 0.5) is 0 Å². The summed E-state index contributed by atoms with van der Waals surface area (Å²) >= 11 is 0. The molecule has 0 aliphatic heterocycles. The maximum absolute atomic E-state index is 5.76. The topological polar surface area (TPSA) is 47.3 Å². The molecule has 21 heavy (non-hydrogen) atoms. The zero-order chi connectivity index (χ0) is 14.9. The highest BCUT2D eigenvalue weighted by molar-refractivity contribution is 5.30. The summed E-state index contributed by atoms with van der Waals surface area (Å²) in [6.07, 6.45) is 5.26. The molecule has 0 saturated carbocycles. The van der Waals surface area contributed by atoms with Crippen LogP contribution >= 0.6 is 0 Å². The number of hydrogen-bond acceptors (Lipinski definition) is 3. The van der Waals surface area contributed by atoms with Gasteiger partial charge in [-0.2, -0.15) is 0 Å². The maximum atomic E-state index is 5.76. The number of rotatable bonds is 7. The Bertz CT molecular complexity index is 572. The van der Waals surface area contributed by atoms with Crippen molar-refractivity contribution >= 4 is 0 Å². The fourth-order valence-electron chi connectivity index (χ4n) is 2.06. The molecule has 3 heteroatoms. The molecule has 2 aromatic rings. The van der Waals surface area contributed by atoms with Crippen molar-refractivity contribution in [1.82, 2.24) is 5.32 Å². The van der Waals surface area contributed by atoms with E-state index in [9.17, 15) is 0 Å². The lowest BCUT2D eigenvalue weighted by Gasteiger charge is -2.16. The van der Waals surface area contributed by atoms with Gasteiger partial charge in [-0.05, 0) is 23.3 Å². The molecule has 0 bridgehead atoms. The highest BCUT2D eigenvalue weighted by Gasteiger charge is 2.08. The first kappa shape index (κ1) is 15.1. The van der Waals surface area contributed by atoms with Gasteiger partial charge in [0.25, 0.3) is 0 Å².